The molecule has 180 valence electrons. The average molecular weight is 482 g/mol. The fraction of sp³-hybridized carbons (Fsp3) is 0.533. The minimum absolute atomic E-state index is 0. The minimum Gasteiger partial charge on any atom is -0.545 e. The van der Waals surface area contributed by atoms with Crippen molar-refractivity contribution in [1.82, 2.24) is 4.90 Å². The standard InChI is InChI=1S/C30H37NO3.Na/c1-30(2)26-16-15-25(27(30)17-26)19-31(28(32)23-5-3-4-6-23)18-20-7-9-21(10-8-20)22-11-13-24(14-12-22)29(33)34;/h7-14,23,25-27H,3-6,15-19H2,1-2H3,(H,33,34);/q;+1/p-1/t25?,26?,27-;/m0./s1. The summed E-state index contributed by atoms with van der Waals surface area (Å²) in [5, 5.41) is 11.0. The zero-order chi connectivity index (χ0) is 23.9. The van der Waals surface area contributed by atoms with Gasteiger partial charge in [-0.3, -0.25) is 4.79 Å². The van der Waals surface area contributed by atoms with Crippen molar-refractivity contribution < 1.29 is 44.3 Å². The molecule has 2 bridgehead atoms. The van der Waals surface area contributed by atoms with Crippen LogP contribution in [-0.4, -0.2) is 23.3 Å². The summed E-state index contributed by atoms with van der Waals surface area (Å²) in [6, 6.07) is 15.2. The van der Waals surface area contributed by atoms with Crippen molar-refractivity contribution in [3.63, 3.8) is 0 Å². The molecule has 0 spiro atoms. The van der Waals surface area contributed by atoms with Crippen LogP contribution in [0.5, 0.6) is 0 Å². The van der Waals surface area contributed by atoms with Crippen LogP contribution in [0, 0.1) is 29.1 Å². The molecule has 0 aliphatic heterocycles. The third kappa shape index (κ3) is 5.40. The number of aromatic carboxylic acids is 1. The summed E-state index contributed by atoms with van der Waals surface area (Å²) < 4.78 is 0. The van der Waals surface area contributed by atoms with E-state index in [-0.39, 0.29) is 41.0 Å². The summed E-state index contributed by atoms with van der Waals surface area (Å²) in [5.74, 6) is 1.64. The Hall–Kier alpha value is -1.62. The quantitative estimate of drug-likeness (QED) is 0.571. The molecule has 4 saturated carbocycles. The molecule has 2 aromatic carbocycles. The van der Waals surface area contributed by atoms with Crippen LogP contribution < -0.4 is 34.7 Å². The summed E-state index contributed by atoms with van der Waals surface area (Å²) in [4.78, 5) is 26.7. The molecule has 35 heavy (non-hydrogen) atoms. The van der Waals surface area contributed by atoms with Gasteiger partial charge in [0.1, 0.15) is 0 Å². The molecule has 6 rings (SSSR count). The van der Waals surface area contributed by atoms with Gasteiger partial charge in [-0.25, -0.2) is 0 Å². The Morgan fingerprint density at radius 3 is 2.06 bits per heavy atom. The second-order valence-corrected chi connectivity index (χ2v) is 11.5. The maximum absolute atomic E-state index is 13.6. The number of carbonyl (C=O) groups is 2. The number of benzene rings is 2. The van der Waals surface area contributed by atoms with Gasteiger partial charge in [-0.2, -0.15) is 0 Å². The van der Waals surface area contributed by atoms with Gasteiger partial charge in [0.15, 0.2) is 0 Å². The molecular weight excluding hydrogens is 445 g/mol. The van der Waals surface area contributed by atoms with Crippen LogP contribution in [0.2, 0.25) is 0 Å². The molecule has 2 aromatic rings. The fourth-order valence-corrected chi connectivity index (χ4v) is 6.95. The Morgan fingerprint density at radius 1 is 0.914 bits per heavy atom. The zero-order valence-corrected chi connectivity index (χ0v) is 23.5. The summed E-state index contributed by atoms with van der Waals surface area (Å²) >= 11 is 0. The first kappa shape index (κ1) is 26.4. The molecule has 0 aromatic heterocycles. The summed E-state index contributed by atoms with van der Waals surface area (Å²) in [6.07, 6.45) is 8.34. The van der Waals surface area contributed by atoms with Gasteiger partial charge in [0, 0.05) is 19.0 Å². The van der Waals surface area contributed by atoms with Gasteiger partial charge in [-0.15, -0.1) is 0 Å². The van der Waals surface area contributed by atoms with E-state index in [1.54, 1.807) is 12.1 Å². The van der Waals surface area contributed by atoms with Crippen molar-refractivity contribution in [3.05, 3.63) is 59.7 Å². The monoisotopic (exact) mass is 481 g/mol. The Morgan fingerprint density at radius 2 is 1.51 bits per heavy atom. The molecule has 4 fully saturated rings. The normalized spacial score (nSPS) is 24.8. The van der Waals surface area contributed by atoms with E-state index in [0.29, 0.717) is 23.8 Å². The molecule has 4 nitrogen and oxygen atoms in total. The molecule has 1 amide bonds. The Labute approximate surface area is 231 Å². The third-order valence-electron chi connectivity index (χ3n) is 9.25. The predicted octanol–water partition coefficient (Wildman–Crippen LogP) is 2.31. The van der Waals surface area contributed by atoms with Gasteiger partial charge >= 0.3 is 29.6 Å². The van der Waals surface area contributed by atoms with Gasteiger partial charge in [0.25, 0.3) is 0 Å². The van der Waals surface area contributed by atoms with Gasteiger partial charge in [-0.05, 0) is 77.5 Å². The minimum atomic E-state index is -1.16. The van der Waals surface area contributed by atoms with E-state index in [2.05, 4.69) is 43.0 Å². The molecule has 4 aliphatic carbocycles. The third-order valence-corrected chi connectivity index (χ3v) is 9.25. The van der Waals surface area contributed by atoms with Crippen molar-refractivity contribution in [2.24, 2.45) is 29.1 Å². The van der Waals surface area contributed by atoms with Crippen LogP contribution in [-0.2, 0) is 11.3 Å². The van der Waals surface area contributed by atoms with Gasteiger partial charge < -0.3 is 14.8 Å². The first-order valence-corrected chi connectivity index (χ1v) is 13.0. The fourth-order valence-electron chi connectivity index (χ4n) is 6.95. The number of hydrogen-bond donors (Lipinski definition) is 0. The topological polar surface area (TPSA) is 60.4 Å². The first-order chi connectivity index (χ1) is 16.3. The molecule has 0 heterocycles. The Bertz CT molecular complexity index is 1040. The van der Waals surface area contributed by atoms with Crippen LogP contribution >= 0.6 is 0 Å². The van der Waals surface area contributed by atoms with Crippen LogP contribution in [0.1, 0.15) is 74.7 Å². The van der Waals surface area contributed by atoms with E-state index in [4.69, 9.17) is 0 Å². The molecule has 4 aliphatic rings. The van der Waals surface area contributed by atoms with E-state index in [9.17, 15) is 14.7 Å². The smallest absolute Gasteiger partial charge is 0.545 e. The van der Waals surface area contributed by atoms with Crippen molar-refractivity contribution in [2.75, 3.05) is 6.54 Å². The van der Waals surface area contributed by atoms with E-state index in [0.717, 1.165) is 47.9 Å². The SMILES string of the molecule is CC1(C)C2CCC(CN(Cc3ccc(-c4ccc(C(=O)[O-])cc4)cc3)C(=O)C3CCCC3)[C@@H]1C2.[Na+]. The van der Waals surface area contributed by atoms with E-state index in [1.807, 2.05) is 12.1 Å². The summed E-state index contributed by atoms with van der Waals surface area (Å²) in [5.41, 5.74) is 3.78. The van der Waals surface area contributed by atoms with E-state index >= 15 is 0 Å². The van der Waals surface area contributed by atoms with Crippen molar-refractivity contribution in [1.29, 1.82) is 0 Å². The van der Waals surface area contributed by atoms with Crippen LogP contribution in [0.25, 0.3) is 11.1 Å². The average Bonchev–Trinajstić information content (AvgIpc) is 3.39. The zero-order valence-electron chi connectivity index (χ0n) is 21.5. The number of fused-ring (bicyclic) bond motifs is 2. The number of carboxylic acids is 1. The van der Waals surface area contributed by atoms with E-state index in [1.165, 1.54) is 32.1 Å². The maximum Gasteiger partial charge on any atom is 1.00 e. The molecule has 0 N–H and O–H groups in total. The number of nitrogens with zero attached hydrogens (tertiary/aromatic N) is 1. The molecular formula is C30H36NNaO3. The Balaban J connectivity index is 0.00000289. The molecule has 0 saturated heterocycles. The van der Waals surface area contributed by atoms with Crippen LogP contribution in [0.3, 0.4) is 0 Å². The number of amides is 1. The molecule has 5 heteroatoms. The molecule has 3 atom stereocenters. The Kier molecular flexibility index (Phi) is 8.15. The van der Waals surface area contributed by atoms with Gasteiger partial charge in [0.05, 0.1) is 5.97 Å². The number of hydrogen-bond acceptors (Lipinski definition) is 3. The van der Waals surface area contributed by atoms with Crippen molar-refractivity contribution in [3.8, 4) is 11.1 Å². The second-order valence-electron chi connectivity index (χ2n) is 11.5. The summed E-state index contributed by atoms with van der Waals surface area (Å²) in [6.45, 7) is 6.42. The maximum atomic E-state index is 13.6. The number of carbonyl (C=O) groups excluding carboxylic acids is 2. The van der Waals surface area contributed by atoms with Crippen LogP contribution in [0.15, 0.2) is 48.5 Å². The van der Waals surface area contributed by atoms with Gasteiger partial charge in [0.2, 0.25) is 5.91 Å². The first-order valence-electron chi connectivity index (χ1n) is 13.0. The second kappa shape index (κ2) is 10.8. The van der Waals surface area contributed by atoms with Crippen molar-refractivity contribution in [2.45, 2.75) is 65.3 Å². The molecule has 0 radical (unpaired) electrons. The van der Waals surface area contributed by atoms with E-state index < -0.39 is 5.97 Å². The van der Waals surface area contributed by atoms with Crippen LogP contribution in [0.4, 0.5) is 0 Å². The van der Waals surface area contributed by atoms with Crippen molar-refractivity contribution >= 4 is 11.9 Å². The molecule has 2 unspecified atom stereocenters. The summed E-state index contributed by atoms with van der Waals surface area (Å²) in [7, 11) is 0. The number of carboxylic acid groups (broad SMARTS) is 1. The largest absolute Gasteiger partial charge is 1.00 e. The van der Waals surface area contributed by atoms with Gasteiger partial charge in [-0.1, -0.05) is 75.2 Å². The number of rotatable bonds is 7. The predicted molar refractivity (Wildman–Crippen MR) is 132 cm³/mol.